The molecule has 3 rings (SSSR count). The number of benzene rings is 3. The Morgan fingerprint density at radius 3 is 1.57 bits per heavy atom. The van der Waals surface area contributed by atoms with Gasteiger partial charge in [-0.05, 0) is 48.9 Å². The monoisotopic (exact) mass is 430 g/mol. The average Bonchev–Trinajstić information content (AvgIpc) is 2.60. The van der Waals surface area contributed by atoms with E-state index in [4.69, 9.17) is 0 Å². The minimum atomic E-state index is -1.27. The zero-order valence-corrected chi connectivity index (χ0v) is 22.2. The van der Waals surface area contributed by atoms with Crippen LogP contribution in [0.25, 0.3) is 0 Å². The van der Waals surface area contributed by atoms with Gasteiger partial charge in [-0.3, -0.25) is 0 Å². The summed E-state index contributed by atoms with van der Waals surface area (Å²) in [5, 5.41) is 3.12. The average molecular weight is 431 g/mol. The molecule has 0 aromatic heterocycles. The maximum atomic E-state index is 2.43. The van der Waals surface area contributed by atoms with Gasteiger partial charge in [-0.1, -0.05) is 121 Å². The molecule has 0 aliphatic carbocycles. The fourth-order valence-corrected chi connectivity index (χ4v) is 7.43. The predicted molar refractivity (Wildman–Crippen MR) is 140 cm³/mol. The van der Waals surface area contributed by atoms with Crippen molar-refractivity contribution in [1.82, 2.24) is 0 Å². The molecule has 0 aliphatic heterocycles. The van der Waals surface area contributed by atoms with E-state index in [0.29, 0.717) is 0 Å². The molecule has 0 amide bonds. The Balaban J connectivity index is 1.79. The van der Waals surface area contributed by atoms with Crippen LogP contribution < -0.4 is 10.4 Å². The molecule has 3 aromatic rings. The van der Waals surface area contributed by atoms with Crippen LogP contribution in [0.3, 0.4) is 0 Å². The standard InChI is InChI=1S/C28H38Si2/c1-21-15-25(18-23-9-12-27(13-10-23)29(3,4)5)20-26(16-21)19-24-11-14-28(22(2)17-24)30(6,7)8/h9-17,20H,18-19H2,1-8H3. The van der Waals surface area contributed by atoms with Gasteiger partial charge < -0.3 is 0 Å². The van der Waals surface area contributed by atoms with E-state index < -0.39 is 16.1 Å². The van der Waals surface area contributed by atoms with E-state index in [1.807, 2.05) is 0 Å². The minimum Gasteiger partial charge on any atom is -0.0656 e. The SMILES string of the molecule is Cc1cc(Cc2ccc([Si](C)(C)C)cc2)cc(Cc2ccc([Si](C)(C)C)c(C)c2)c1. The summed E-state index contributed by atoms with van der Waals surface area (Å²) in [6.45, 7) is 19.0. The van der Waals surface area contributed by atoms with Crippen molar-refractivity contribution in [2.45, 2.75) is 66.0 Å². The van der Waals surface area contributed by atoms with Crippen LogP contribution >= 0.6 is 0 Å². The first-order chi connectivity index (χ1) is 13.9. The molecule has 0 unspecified atom stereocenters. The maximum absolute atomic E-state index is 2.43. The smallest absolute Gasteiger partial charge is 0.0656 e. The van der Waals surface area contributed by atoms with E-state index in [0.717, 1.165) is 12.8 Å². The minimum absolute atomic E-state index is 1.01. The topological polar surface area (TPSA) is 0 Å². The van der Waals surface area contributed by atoms with Gasteiger partial charge in [0.05, 0.1) is 16.1 Å². The summed E-state index contributed by atoms with van der Waals surface area (Å²) in [6, 6.07) is 23.6. The second kappa shape index (κ2) is 8.68. The second-order valence-electron chi connectivity index (χ2n) is 11.0. The number of hydrogen-bond donors (Lipinski definition) is 0. The van der Waals surface area contributed by atoms with Crippen molar-refractivity contribution in [3.05, 3.63) is 94.0 Å². The molecular weight excluding hydrogens is 392 g/mol. The molecule has 0 atom stereocenters. The lowest BCUT2D eigenvalue weighted by molar-refractivity contribution is 1.12. The van der Waals surface area contributed by atoms with Crippen molar-refractivity contribution in [1.29, 1.82) is 0 Å². The molecule has 3 aromatic carbocycles. The van der Waals surface area contributed by atoms with Crippen molar-refractivity contribution in [3.8, 4) is 0 Å². The first-order valence-electron chi connectivity index (χ1n) is 11.2. The van der Waals surface area contributed by atoms with Gasteiger partial charge in [-0.25, -0.2) is 0 Å². The molecule has 30 heavy (non-hydrogen) atoms. The highest BCUT2D eigenvalue weighted by molar-refractivity contribution is 6.89. The molecule has 0 N–H and O–H groups in total. The van der Waals surface area contributed by atoms with Crippen LogP contribution in [0.4, 0.5) is 0 Å². The number of rotatable bonds is 6. The Bertz CT molecular complexity index is 1020. The van der Waals surface area contributed by atoms with Crippen molar-refractivity contribution in [3.63, 3.8) is 0 Å². The normalized spacial score (nSPS) is 12.3. The first kappa shape index (κ1) is 22.8. The molecule has 2 heteroatoms. The third-order valence-corrected chi connectivity index (χ3v) is 10.2. The zero-order chi connectivity index (χ0) is 22.1. The van der Waals surface area contributed by atoms with E-state index in [1.54, 1.807) is 5.19 Å². The summed E-state index contributed by atoms with van der Waals surface area (Å²) in [6.07, 6.45) is 2.02. The second-order valence-corrected chi connectivity index (χ2v) is 21.1. The van der Waals surface area contributed by atoms with E-state index in [1.165, 1.54) is 38.6 Å². The number of hydrogen-bond acceptors (Lipinski definition) is 0. The lowest BCUT2D eigenvalue weighted by Crippen LogP contribution is -2.39. The third kappa shape index (κ3) is 5.83. The molecule has 0 aliphatic rings. The molecule has 0 fully saturated rings. The highest BCUT2D eigenvalue weighted by Gasteiger charge is 2.18. The van der Waals surface area contributed by atoms with Gasteiger partial charge in [-0.2, -0.15) is 0 Å². The van der Waals surface area contributed by atoms with Crippen molar-refractivity contribution in [2.75, 3.05) is 0 Å². The Kier molecular flexibility index (Phi) is 6.59. The van der Waals surface area contributed by atoms with Crippen LogP contribution in [0.5, 0.6) is 0 Å². The number of aryl methyl sites for hydroxylation is 2. The molecule has 0 saturated carbocycles. The molecule has 0 heterocycles. The van der Waals surface area contributed by atoms with Gasteiger partial charge in [0.2, 0.25) is 0 Å². The van der Waals surface area contributed by atoms with Crippen LogP contribution in [0.2, 0.25) is 39.3 Å². The molecule has 0 nitrogen and oxygen atoms in total. The summed E-state index contributed by atoms with van der Waals surface area (Å²) in [5.74, 6) is 0. The Morgan fingerprint density at radius 1 is 0.533 bits per heavy atom. The van der Waals surface area contributed by atoms with E-state index in [9.17, 15) is 0 Å². The molecule has 158 valence electrons. The van der Waals surface area contributed by atoms with E-state index in [-0.39, 0.29) is 0 Å². The maximum Gasteiger partial charge on any atom is 0.0779 e. The van der Waals surface area contributed by atoms with Crippen molar-refractivity contribution >= 4 is 26.5 Å². The van der Waals surface area contributed by atoms with E-state index in [2.05, 4.69) is 114 Å². The summed E-state index contributed by atoms with van der Waals surface area (Å²) < 4.78 is 0. The van der Waals surface area contributed by atoms with Gasteiger partial charge in [0.25, 0.3) is 0 Å². The van der Waals surface area contributed by atoms with Crippen molar-refractivity contribution < 1.29 is 0 Å². The van der Waals surface area contributed by atoms with Gasteiger partial charge in [-0.15, -0.1) is 0 Å². The fourth-order valence-electron chi connectivity index (χ4n) is 4.42. The summed E-state index contributed by atoms with van der Waals surface area (Å²) in [7, 11) is -2.50. The Hall–Kier alpha value is -1.91. The highest BCUT2D eigenvalue weighted by Crippen LogP contribution is 2.19. The Labute approximate surface area is 186 Å². The largest absolute Gasteiger partial charge is 0.0779 e. The summed E-state index contributed by atoms with van der Waals surface area (Å²) >= 11 is 0. The van der Waals surface area contributed by atoms with Gasteiger partial charge >= 0.3 is 0 Å². The van der Waals surface area contributed by atoms with Crippen LogP contribution in [0.15, 0.2) is 60.7 Å². The Morgan fingerprint density at radius 2 is 1.07 bits per heavy atom. The molecule has 0 bridgehead atoms. The highest BCUT2D eigenvalue weighted by atomic mass is 28.3. The molecule has 0 spiro atoms. The van der Waals surface area contributed by atoms with Gasteiger partial charge in [0, 0.05) is 0 Å². The third-order valence-electron chi connectivity index (χ3n) is 5.93. The van der Waals surface area contributed by atoms with Crippen molar-refractivity contribution in [2.24, 2.45) is 0 Å². The van der Waals surface area contributed by atoms with Crippen LogP contribution in [0, 0.1) is 13.8 Å². The summed E-state index contributed by atoms with van der Waals surface area (Å²) in [5.41, 5.74) is 8.48. The van der Waals surface area contributed by atoms with Crippen LogP contribution in [-0.2, 0) is 12.8 Å². The van der Waals surface area contributed by atoms with E-state index >= 15 is 0 Å². The van der Waals surface area contributed by atoms with Gasteiger partial charge in [0.15, 0.2) is 0 Å². The lowest BCUT2D eigenvalue weighted by Gasteiger charge is -2.20. The van der Waals surface area contributed by atoms with Gasteiger partial charge in [0.1, 0.15) is 0 Å². The molecule has 0 radical (unpaired) electrons. The molecular formula is C28H38Si2. The predicted octanol–water partition coefficient (Wildman–Crippen LogP) is 6.58. The van der Waals surface area contributed by atoms with Crippen LogP contribution in [0.1, 0.15) is 33.4 Å². The zero-order valence-electron chi connectivity index (χ0n) is 20.2. The van der Waals surface area contributed by atoms with Crippen LogP contribution in [-0.4, -0.2) is 16.1 Å². The fraction of sp³-hybridized carbons (Fsp3) is 0.357. The first-order valence-corrected chi connectivity index (χ1v) is 18.2. The quantitative estimate of drug-likeness (QED) is 0.388. The molecule has 0 saturated heterocycles. The lowest BCUT2D eigenvalue weighted by atomic mass is 9.96. The summed E-state index contributed by atoms with van der Waals surface area (Å²) in [4.78, 5) is 0.